The largest absolute Gasteiger partial charge is 0.394 e. The smallest absolute Gasteiger partial charge is 0.186 e. The van der Waals surface area contributed by atoms with E-state index in [2.05, 4.69) is 46.8 Å². The first-order chi connectivity index (χ1) is 21.3. The summed E-state index contributed by atoms with van der Waals surface area (Å²) in [6.07, 6.45) is 1.99. The lowest BCUT2D eigenvalue weighted by Gasteiger charge is -2.65. The van der Waals surface area contributed by atoms with E-state index in [1.54, 1.807) is 0 Å². The van der Waals surface area contributed by atoms with Crippen molar-refractivity contribution in [3.63, 3.8) is 0 Å². The minimum Gasteiger partial charge on any atom is -0.394 e. The third kappa shape index (κ3) is 4.72. The van der Waals surface area contributed by atoms with Gasteiger partial charge < -0.3 is 50.0 Å². The molecule has 0 unspecified atom stereocenters. The maximum atomic E-state index is 10.9. The highest BCUT2D eigenvalue weighted by molar-refractivity contribution is 5.33. The van der Waals surface area contributed by atoms with E-state index >= 15 is 0 Å². The van der Waals surface area contributed by atoms with Gasteiger partial charge >= 0.3 is 0 Å². The molecule has 0 amide bonds. The van der Waals surface area contributed by atoms with Crippen molar-refractivity contribution in [1.82, 2.24) is 0 Å². The lowest BCUT2D eigenvalue weighted by molar-refractivity contribution is -0.329. The molecule has 46 heavy (non-hydrogen) atoms. The highest BCUT2D eigenvalue weighted by Crippen LogP contribution is 2.77. The van der Waals surface area contributed by atoms with E-state index in [4.69, 9.17) is 14.2 Å². The summed E-state index contributed by atoms with van der Waals surface area (Å²) >= 11 is 0. The molecule has 7 N–H and O–H groups in total. The van der Waals surface area contributed by atoms with Crippen molar-refractivity contribution in [1.29, 1.82) is 0 Å². The van der Waals surface area contributed by atoms with Crippen LogP contribution in [0.2, 0.25) is 0 Å². The fourth-order valence-corrected chi connectivity index (χ4v) is 11.9. The zero-order valence-corrected chi connectivity index (χ0v) is 28.8. The van der Waals surface area contributed by atoms with E-state index in [9.17, 15) is 35.7 Å². The van der Waals surface area contributed by atoms with E-state index in [0.717, 1.165) is 38.5 Å². The molecular formula is C36H60O10. The number of aliphatic hydroxyl groups is 7. The molecule has 2 heterocycles. The molecule has 4 aliphatic carbocycles. The Hall–Kier alpha value is -0.660. The molecule has 10 nitrogen and oxygen atoms in total. The van der Waals surface area contributed by atoms with Crippen LogP contribution in [0.25, 0.3) is 0 Å². The quantitative estimate of drug-likeness (QED) is 0.193. The Bertz CT molecular complexity index is 1170. The van der Waals surface area contributed by atoms with Gasteiger partial charge in [0.05, 0.1) is 36.6 Å². The summed E-state index contributed by atoms with van der Waals surface area (Å²) < 4.78 is 19.2. The van der Waals surface area contributed by atoms with Crippen LogP contribution in [0.4, 0.5) is 0 Å². The van der Waals surface area contributed by atoms with Gasteiger partial charge in [-0.15, -0.1) is 0 Å². The Morgan fingerprint density at radius 2 is 1.63 bits per heavy atom. The SMILES string of the molecule is C[C@H](C[C@H](O)[C@H](O)C(C)(C)O)[C@H]1CC[C@@]2(C)[C@@H]3C=C[C@@]45OC[C@]3(CC[C@]12C)[C@@H]4CC[C@H](O[C@@H]1O[C@H](CO)[C@@H](O)[C@@H](O)[C@H]1O)C5(C)C. The number of rotatable bonds is 8. The third-order valence-corrected chi connectivity index (χ3v) is 14.9. The van der Waals surface area contributed by atoms with Crippen LogP contribution in [0.5, 0.6) is 0 Å². The van der Waals surface area contributed by atoms with Crippen LogP contribution < -0.4 is 0 Å². The molecule has 3 saturated carbocycles. The Morgan fingerprint density at radius 3 is 2.28 bits per heavy atom. The maximum Gasteiger partial charge on any atom is 0.186 e. The van der Waals surface area contributed by atoms with E-state index < -0.39 is 66.1 Å². The van der Waals surface area contributed by atoms with Gasteiger partial charge in [0, 0.05) is 16.7 Å². The van der Waals surface area contributed by atoms with Crippen molar-refractivity contribution in [2.45, 2.75) is 154 Å². The number of aliphatic hydroxyl groups excluding tert-OH is 6. The van der Waals surface area contributed by atoms with Crippen molar-refractivity contribution >= 4 is 0 Å². The van der Waals surface area contributed by atoms with Gasteiger partial charge in [0.15, 0.2) is 6.29 Å². The first kappa shape index (κ1) is 35.2. The molecule has 0 aromatic rings. The molecule has 0 aromatic carbocycles. The Balaban J connectivity index is 1.24. The van der Waals surface area contributed by atoms with Crippen molar-refractivity contribution in [2.75, 3.05) is 13.2 Å². The van der Waals surface area contributed by atoms with Gasteiger partial charge in [-0.25, -0.2) is 0 Å². The van der Waals surface area contributed by atoms with Crippen LogP contribution in [-0.2, 0) is 14.2 Å². The predicted octanol–water partition coefficient (Wildman–Crippen LogP) is 2.28. The molecule has 264 valence electrons. The van der Waals surface area contributed by atoms with E-state index in [1.165, 1.54) is 13.8 Å². The summed E-state index contributed by atoms with van der Waals surface area (Å²) in [5, 5.41) is 72.8. The standard InChI is InChI=1S/C36H60O10/c1-19(16-21(38)29(42)32(4,5)43)20-10-12-34(7)23-11-13-36-24(35(23,18-44-36)15-14-33(20,34)6)8-9-25(31(36,2)3)46-30-28(41)27(40)26(39)22(17-37)45-30/h11,13,19-30,37-43H,8-10,12,14-18H2,1-7H3/t19-,20-,21+,22-,23+,24+,25+,26-,27-,28-,29+,30+,33-,34+,35+,36-/m1/s1. The first-order valence-corrected chi connectivity index (χ1v) is 17.7. The first-order valence-electron chi connectivity index (χ1n) is 17.7. The number of ether oxygens (including phenoxy) is 3. The van der Waals surface area contributed by atoms with Gasteiger partial charge in [0.1, 0.15) is 30.5 Å². The molecule has 2 aliphatic heterocycles. The summed E-state index contributed by atoms with van der Waals surface area (Å²) in [4.78, 5) is 0. The van der Waals surface area contributed by atoms with Crippen molar-refractivity contribution in [2.24, 2.45) is 45.3 Å². The zero-order chi connectivity index (χ0) is 33.8. The highest BCUT2D eigenvalue weighted by atomic mass is 16.7. The second-order valence-electron chi connectivity index (χ2n) is 17.7. The summed E-state index contributed by atoms with van der Waals surface area (Å²) in [6.45, 7) is 14.7. The highest BCUT2D eigenvalue weighted by Gasteiger charge is 2.75. The molecule has 0 radical (unpaired) electrons. The number of allylic oxidation sites excluding steroid dienone is 1. The average molecular weight is 653 g/mol. The van der Waals surface area contributed by atoms with Crippen LogP contribution in [-0.4, -0.2) is 109 Å². The second kappa shape index (κ2) is 11.4. The van der Waals surface area contributed by atoms with E-state index in [1.807, 2.05) is 0 Å². The van der Waals surface area contributed by atoms with E-state index in [0.29, 0.717) is 30.8 Å². The average Bonchev–Trinajstić information content (AvgIpc) is 3.38. The molecule has 1 spiro atoms. The summed E-state index contributed by atoms with van der Waals surface area (Å²) in [5.74, 6) is 1.21. The normalized spacial score (nSPS) is 51.6. The second-order valence-corrected chi connectivity index (χ2v) is 17.7. The van der Waals surface area contributed by atoms with E-state index in [-0.39, 0.29) is 28.3 Å². The number of fused-ring (bicyclic) bond motifs is 2. The van der Waals surface area contributed by atoms with Crippen molar-refractivity contribution in [3.8, 4) is 0 Å². The minimum atomic E-state index is -1.49. The van der Waals surface area contributed by atoms with Crippen LogP contribution in [0.3, 0.4) is 0 Å². The Morgan fingerprint density at radius 1 is 0.935 bits per heavy atom. The monoisotopic (exact) mass is 652 g/mol. The van der Waals surface area contributed by atoms with Gasteiger partial charge in [-0.05, 0) is 87.4 Å². The zero-order valence-electron chi connectivity index (χ0n) is 28.8. The summed E-state index contributed by atoms with van der Waals surface area (Å²) in [5.41, 5.74) is -2.34. The van der Waals surface area contributed by atoms with Crippen LogP contribution >= 0.6 is 0 Å². The van der Waals surface area contributed by atoms with Gasteiger partial charge in [-0.3, -0.25) is 0 Å². The fourth-order valence-electron chi connectivity index (χ4n) is 11.9. The molecule has 0 aromatic heterocycles. The molecule has 6 aliphatic rings. The third-order valence-electron chi connectivity index (χ3n) is 14.9. The van der Waals surface area contributed by atoms with Crippen LogP contribution in [0.1, 0.15) is 93.4 Å². The van der Waals surface area contributed by atoms with Crippen LogP contribution in [0.15, 0.2) is 12.2 Å². The molecule has 16 atom stereocenters. The molecular weight excluding hydrogens is 592 g/mol. The topological polar surface area (TPSA) is 169 Å². The summed E-state index contributed by atoms with van der Waals surface area (Å²) in [6, 6.07) is 0. The minimum absolute atomic E-state index is 0.0108. The lowest BCUT2D eigenvalue weighted by atomic mass is 9.38. The molecule has 2 saturated heterocycles. The van der Waals surface area contributed by atoms with Gasteiger partial charge in [-0.1, -0.05) is 46.8 Å². The molecule has 5 fully saturated rings. The van der Waals surface area contributed by atoms with Gasteiger partial charge in [-0.2, -0.15) is 0 Å². The number of hydrogen-bond acceptors (Lipinski definition) is 10. The predicted molar refractivity (Wildman–Crippen MR) is 169 cm³/mol. The molecule has 2 bridgehead atoms. The Kier molecular flexibility index (Phi) is 8.74. The fraction of sp³-hybridized carbons (Fsp3) is 0.944. The van der Waals surface area contributed by atoms with Gasteiger partial charge in [0.25, 0.3) is 0 Å². The summed E-state index contributed by atoms with van der Waals surface area (Å²) in [7, 11) is 0. The Labute approximate surface area is 274 Å². The van der Waals surface area contributed by atoms with Gasteiger partial charge in [0.2, 0.25) is 0 Å². The molecule has 6 rings (SSSR count). The number of hydrogen-bond donors (Lipinski definition) is 7. The van der Waals surface area contributed by atoms with Crippen molar-refractivity contribution in [3.05, 3.63) is 12.2 Å². The maximum absolute atomic E-state index is 10.9. The molecule has 10 heteroatoms. The van der Waals surface area contributed by atoms with Crippen molar-refractivity contribution < 1.29 is 50.0 Å². The lowest BCUT2D eigenvalue weighted by Crippen LogP contribution is -2.66. The van der Waals surface area contributed by atoms with Crippen LogP contribution in [0, 0.1) is 45.3 Å².